The number of likely N-dealkylation sites (N-methyl/N-ethyl adjacent to an activating group) is 1. The van der Waals surface area contributed by atoms with Crippen molar-refractivity contribution in [3.63, 3.8) is 0 Å². The molecule has 0 aliphatic carbocycles. The molecule has 1 aliphatic heterocycles. The third kappa shape index (κ3) is 2.84. The van der Waals surface area contributed by atoms with Crippen LogP contribution in [0, 0.1) is 16.7 Å². The highest BCUT2D eigenvalue weighted by Crippen LogP contribution is 2.52. The number of rotatable bonds is 1. The molecule has 0 radical (unpaired) electrons. The number of nitrogens with zero attached hydrogens (tertiary/aromatic N) is 3. The SMILES string of the molecule is CN1C(=S)N(c2ccc(C#N)c(C(F)(F)F)c2)C(=N)C1(C(F)(F)F)C(F)(F)F. The maximum absolute atomic E-state index is 13.5. The zero-order chi connectivity index (χ0) is 21.9. The van der Waals surface area contributed by atoms with E-state index in [2.05, 4.69) is 12.2 Å². The molecule has 14 heteroatoms. The van der Waals surface area contributed by atoms with Crippen LogP contribution in [0.5, 0.6) is 0 Å². The number of nitrogens with one attached hydrogen (secondary N) is 1. The normalized spacial score (nSPS) is 17.9. The van der Waals surface area contributed by atoms with Gasteiger partial charge in [-0.2, -0.15) is 44.8 Å². The van der Waals surface area contributed by atoms with Crippen LogP contribution in [0.3, 0.4) is 0 Å². The lowest BCUT2D eigenvalue weighted by Crippen LogP contribution is -2.68. The number of benzene rings is 1. The molecule has 0 aromatic heterocycles. The van der Waals surface area contributed by atoms with E-state index in [4.69, 9.17) is 10.7 Å². The van der Waals surface area contributed by atoms with Gasteiger partial charge in [0.25, 0.3) is 5.54 Å². The van der Waals surface area contributed by atoms with Crippen molar-refractivity contribution in [3.8, 4) is 6.07 Å². The van der Waals surface area contributed by atoms with Crippen LogP contribution in [0.25, 0.3) is 0 Å². The Hall–Kier alpha value is -2.56. The smallest absolute Gasteiger partial charge is 0.323 e. The Morgan fingerprint density at radius 2 is 1.54 bits per heavy atom. The first kappa shape index (κ1) is 21.7. The minimum atomic E-state index is -6.06. The number of hydrogen-bond donors (Lipinski definition) is 1. The molecule has 1 aliphatic rings. The summed E-state index contributed by atoms with van der Waals surface area (Å²) in [7, 11) is 0.339. The Morgan fingerprint density at radius 1 is 1.04 bits per heavy atom. The fourth-order valence-electron chi connectivity index (χ4n) is 2.76. The molecule has 28 heavy (non-hydrogen) atoms. The van der Waals surface area contributed by atoms with Crippen molar-refractivity contribution in [1.29, 1.82) is 10.7 Å². The van der Waals surface area contributed by atoms with E-state index in [0.29, 0.717) is 19.2 Å². The molecule has 1 heterocycles. The third-order valence-corrected chi connectivity index (χ3v) is 4.51. The highest BCUT2D eigenvalue weighted by Gasteiger charge is 2.80. The van der Waals surface area contributed by atoms with Crippen LogP contribution in [0.15, 0.2) is 18.2 Å². The van der Waals surface area contributed by atoms with Gasteiger partial charge in [0.05, 0.1) is 22.9 Å². The third-order valence-electron chi connectivity index (χ3n) is 4.06. The molecule has 0 spiro atoms. The molecule has 152 valence electrons. The van der Waals surface area contributed by atoms with E-state index in [0.717, 1.165) is 0 Å². The van der Waals surface area contributed by atoms with Gasteiger partial charge >= 0.3 is 18.5 Å². The summed E-state index contributed by atoms with van der Waals surface area (Å²) in [6, 6.07) is 2.62. The second-order valence-corrected chi connectivity index (χ2v) is 5.94. The van der Waals surface area contributed by atoms with Crippen LogP contribution in [0.2, 0.25) is 0 Å². The number of amidine groups is 1. The molecule has 2 rings (SSSR count). The Balaban J connectivity index is 2.75. The summed E-state index contributed by atoms with van der Waals surface area (Å²) >= 11 is 4.57. The monoisotopic (exact) mass is 434 g/mol. The highest BCUT2D eigenvalue weighted by molar-refractivity contribution is 7.80. The zero-order valence-corrected chi connectivity index (χ0v) is 14.2. The quantitative estimate of drug-likeness (QED) is 0.524. The van der Waals surface area contributed by atoms with Gasteiger partial charge < -0.3 is 4.90 Å². The zero-order valence-electron chi connectivity index (χ0n) is 13.4. The summed E-state index contributed by atoms with van der Waals surface area (Å²) < 4.78 is 120. The van der Waals surface area contributed by atoms with Gasteiger partial charge in [-0.25, -0.2) is 0 Å². The molecule has 1 aromatic rings. The molecule has 1 aromatic carbocycles. The Kier molecular flexibility index (Phi) is 4.83. The standard InChI is InChI=1S/C14H7F9N4S/c1-26-10(28)27(9(25)11(26,13(18,19)20)14(21,22)23)7-3-2-6(5-24)8(4-7)12(15,16)17/h2-4,25H,1H3. The van der Waals surface area contributed by atoms with Gasteiger partial charge in [0, 0.05) is 7.05 Å². The summed E-state index contributed by atoms with van der Waals surface area (Å²) in [5.41, 5.74) is -8.21. The Morgan fingerprint density at radius 3 is 1.89 bits per heavy atom. The van der Waals surface area contributed by atoms with Crippen molar-refractivity contribution in [2.24, 2.45) is 0 Å². The van der Waals surface area contributed by atoms with Crippen LogP contribution in [0.4, 0.5) is 45.2 Å². The fourth-order valence-corrected chi connectivity index (χ4v) is 3.10. The summed E-state index contributed by atoms with van der Waals surface area (Å²) in [5, 5.41) is 15.1. The van der Waals surface area contributed by atoms with E-state index in [1.54, 1.807) is 0 Å². The van der Waals surface area contributed by atoms with Crippen molar-refractivity contribution >= 4 is 28.9 Å². The topological polar surface area (TPSA) is 54.1 Å². The van der Waals surface area contributed by atoms with Crippen LogP contribution < -0.4 is 4.90 Å². The molecule has 0 unspecified atom stereocenters. The molecule has 0 saturated carbocycles. The van der Waals surface area contributed by atoms with Gasteiger partial charge in [-0.05, 0) is 30.4 Å². The van der Waals surface area contributed by atoms with Crippen LogP contribution in [-0.2, 0) is 6.18 Å². The van der Waals surface area contributed by atoms with E-state index >= 15 is 0 Å². The number of thiocarbonyl (C=S) groups is 1. The van der Waals surface area contributed by atoms with Crippen molar-refractivity contribution in [1.82, 2.24) is 4.90 Å². The molecule has 1 N–H and O–H groups in total. The predicted molar refractivity (Wildman–Crippen MR) is 81.6 cm³/mol. The maximum atomic E-state index is 13.5. The molecule has 0 atom stereocenters. The van der Waals surface area contributed by atoms with Gasteiger partial charge in [0.1, 0.15) is 0 Å². The maximum Gasteiger partial charge on any atom is 0.428 e. The predicted octanol–water partition coefficient (Wildman–Crippen LogP) is 4.45. The summed E-state index contributed by atoms with van der Waals surface area (Å²) in [5.74, 6) is -2.13. The van der Waals surface area contributed by atoms with Crippen LogP contribution in [0.1, 0.15) is 11.1 Å². The molecule has 0 amide bonds. The summed E-state index contributed by atoms with van der Waals surface area (Å²) in [6.45, 7) is 0. The second kappa shape index (κ2) is 6.23. The minimum Gasteiger partial charge on any atom is -0.323 e. The van der Waals surface area contributed by atoms with E-state index in [-0.39, 0.29) is 11.0 Å². The summed E-state index contributed by atoms with van der Waals surface area (Å²) in [4.78, 5) is -0.497. The lowest BCUT2D eigenvalue weighted by Gasteiger charge is -2.37. The number of anilines is 1. The number of halogens is 9. The second-order valence-electron chi connectivity index (χ2n) is 5.57. The molecular weight excluding hydrogens is 427 g/mol. The van der Waals surface area contributed by atoms with Gasteiger partial charge in [0.15, 0.2) is 10.9 Å². The highest BCUT2D eigenvalue weighted by atomic mass is 32.1. The first-order valence-electron chi connectivity index (χ1n) is 6.93. The van der Waals surface area contributed by atoms with Crippen molar-refractivity contribution < 1.29 is 39.5 Å². The minimum absolute atomic E-state index is 0.0628. The van der Waals surface area contributed by atoms with E-state index in [1.807, 2.05) is 0 Å². The van der Waals surface area contributed by atoms with Gasteiger partial charge in [-0.3, -0.25) is 10.3 Å². The molecule has 1 fully saturated rings. The largest absolute Gasteiger partial charge is 0.428 e. The average Bonchev–Trinajstić information content (AvgIpc) is 2.72. The molecule has 0 bridgehead atoms. The van der Waals surface area contributed by atoms with E-state index in [1.165, 1.54) is 6.07 Å². The fraction of sp³-hybridized carbons (Fsp3) is 0.357. The van der Waals surface area contributed by atoms with Crippen molar-refractivity contribution in [2.75, 3.05) is 11.9 Å². The lowest BCUT2D eigenvalue weighted by molar-refractivity contribution is -0.299. The number of nitriles is 1. The van der Waals surface area contributed by atoms with E-state index in [9.17, 15) is 39.5 Å². The van der Waals surface area contributed by atoms with Gasteiger partial charge in [-0.1, -0.05) is 0 Å². The van der Waals surface area contributed by atoms with Gasteiger partial charge in [-0.15, -0.1) is 0 Å². The first-order chi connectivity index (χ1) is 12.5. The van der Waals surface area contributed by atoms with Crippen LogP contribution >= 0.6 is 12.2 Å². The van der Waals surface area contributed by atoms with Gasteiger partial charge in [0.2, 0.25) is 0 Å². The first-order valence-corrected chi connectivity index (χ1v) is 7.34. The van der Waals surface area contributed by atoms with E-state index < -0.39 is 56.7 Å². The molecule has 4 nitrogen and oxygen atoms in total. The van der Waals surface area contributed by atoms with Crippen molar-refractivity contribution in [2.45, 2.75) is 24.1 Å². The Labute approximate surface area is 156 Å². The lowest BCUT2D eigenvalue weighted by atomic mass is 9.95. The molecule has 1 saturated heterocycles. The number of hydrogen-bond acceptors (Lipinski definition) is 3. The average molecular weight is 434 g/mol. The summed E-state index contributed by atoms with van der Waals surface area (Å²) in [6.07, 6.45) is -17.2. The Bertz CT molecular complexity index is 865. The van der Waals surface area contributed by atoms with Crippen LogP contribution in [-0.4, -0.2) is 40.8 Å². The van der Waals surface area contributed by atoms with Crippen molar-refractivity contribution in [3.05, 3.63) is 29.3 Å². The molecular formula is C14H7F9N4S. The number of alkyl halides is 9.